The summed E-state index contributed by atoms with van der Waals surface area (Å²) in [6.07, 6.45) is 1.72. The molecule has 0 saturated carbocycles. The number of carbonyl (C=O) groups is 2. The van der Waals surface area contributed by atoms with Gasteiger partial charge in [-0.25, -0.2) is 0 Å². The Morgan fingerprint density at radius 3 is 2.22 bits per heavy atom. The molecule has 3 N–H and O–H groups in total. The van der Waals surface area contributed by atoms with Gasteiger partial charge in [-0.2, -0.15) is 17.4 Å². The van der Waals surface area contributed by atoms with E-state index in [1.807, 2.05) is 42.5 Å². The zero-order valence-electron chi connectivity index (χ0n) is 21.0. The zero-order valence-corrected chi connectivity index (χ0v) is 21.8. The van der Waals surface area contributed by atoms with Gasteiger partial charge in [0.25, 0.3) is 10.2 Å². The van der Waals surface area contributed by atoms with Crippen LogP contribution in [0.25, 0.3) is 10.9 Å². The molecule has 9 nitrogen and oxygen atoms in total. The number of hydrogen-bond acceptors (Lipinski definition) is 5. The summed E-state index contributed by atoms with van der Waals surface area (Å²) in [6.45, 7) is 6.35. The first-order chi connectivity index (χ1) is 17.5. The van der Waals surface area contributed by atoms with Gasteiger partial charge in [-0.05, 0) is 55.3 Å². The Morgan fingerprint density at radius 1 is 1.00 bits per heavy atom. The lowest BCUT2D eigenvalue weighted by atomic mass is 10.1. The molecule has 2 heterocycles. The van der Waals surface area contributed by atoms with Crippen molar-refractivity contribution in [1.82, 2.24) is 14.0 Å². The summed E-state index contributed by atoms with van der Waals surface area (Å²) >= 11 is 0. The van der Waals surface area contributed by atoms with E-state index in [-0.39, 0.29) is 24.8 Å². The first-order valence-electron chi connectivity index (χ1n) is 12.0. The summed E-state index contributed by atoms with van der Waals surface area (Å²) in [5.74, 6) is 4.75. The number of H-pyrrole nitrogens is 1. The Bertz CT molecular complexity index is 1470. The lowest BCUT2D eigenvalue weighted by Gasteiger charge is -2.36. The van der Waals surface area contributed by atoms with Crippen LogP contribution in [0.5, 0.6) is 0 Å². The lowest BCUT2D eigenvalue weighted by molar-refractivity contribution is -0.140. The SMILES string of the molecule is CC(=O)c1c[nH]c2ccc(C#Cc3ccc(N4CCN(S(=O)(=O)NC(C(=O)O)C(C)C)CC4)cc3)cc12. The molecular formula is C27H30N4O5S. The molecule has 3 aromatic rings. The van der Waals surface area contributed by atoms with Crippen LogP contribution in [0.15, 0.2) is 48.7 Å². The number of Topliss-reactive ketones (excluding diaryl/α,β-unsaturated/α-hetero) is 1. The topological polar surface area (TPSA) is 123 Å². The van der Waals surface area contributed by atoms with Gasteiger partial charge in [-0.3, -0.25) is 9.59 Å². The number of aromatic nitrogens is 1. The van der Waals surface area contributed by atoms with E-state index in [0.717, 1.165) is 27.7 Å². The van der Waals surface area contributed by atoms with Gasteiger partial charge >= 0.3 is 5.97 Å². The van der Waals surface area contributed by atoms with Crippen molar-refractivity contribution in [2.75, 3.05) is 31.1 Å². The largest absolute Gasteiger partial charge is 0.480 e. The lowest BCUT2D eigenvalue weighted by Crippen LogP contribution is -2.55. The minimum atomic E-state index is -3.90. The maximum Gasteiger partial charge on any atom is 0.322 e. The third kappa shape index (κ3) is 6.02. The Labute approximate surface area is 216 Å². The molecule has 0 spiro atoms. The number of hydrogen-bond donors (Lipinski definition) is 3. The number of carbonyl (C=O) groups excluding carboxylic acids is 1. The standard InChI is InChI=1S/C27H30N4O5S/c1-18(2)26(27(33)34)29-37(35,36)31-14-12-30(13-15-31)22-9-6-20(7-10-22)4-5-21-8-11-25-23(16-21)24(17-28-25)19(3)32/h6-11,16-18,26,28-29H,12-15H2,1-3H3,(H,33,34). The number of aliphatic carboxylic acids is 1. The monoisotopic (exact) mass is 522 g/mol. The van der Waals surface area contributed by atoms with Crippen molar-refractivity contribution >= 4 is 38.6 Å². The highest BCUT2D eigenvalue weighted by Crippen LogP contribution is 2.21. The van der Waals surface area contributed by atoms with Crippen LogP contribution in [-0.4, -0.2) is 66.8 Å². The number of nitrogens with zero attached hydrogens (tertiary/aromatic N) is 2. The van der Waals surface area contributed by atoms with E-state index in [0.29, 0.717) is 18.7 Å². The minimum absolute atomic E-state index is 0.00153. The molecule has 1 saturated heterocycles. The third-order valence-corrected chi connectivity index (χ3v) is 8.03. The molecule has 0 bridgehead atoms. The average Bonchev–Trinajstić information content (AvgIpc) is 3.30. The van der Waals surface area contributed by atoms with E-state index in [9.17, 15) is 23.1 Å². The molecule has 1 fully saturated rings. The fourth-order valence-electron chi connectivity index (χ4n) is 4.28. The van der Waals surface area contributed by atoms with E-state index >= 15 is 0 Å². The Kier molecular flexibility index (Phi) is 7.68. The fraction of sp³-hybridized carbons (Fsp3) is 0.333. The Morgan fingerprint density at radius 2 is 1.62 bits per heavy atom. The molecule has 37 heavy (non-hydrogen) atoms. The van der Waals surface area contributed by atoms with Crippen molar-refractivity contribution in [3.63, 3.8) is 0 Å². The summed E-state index contributed by atoms with van der Waals surface area (Å²) < 4.78 is 29.0. The number of ketones is 1. The highest BCUT2D eigenvalue weighted by atomic mass is 32.2. The van der Waals surface area contributed by atoms with Crippen LogP contribution in [0.2, 0.25) is 0 Å². The number of benzene rings is 2. The van der Waals surface area contributed by atoms with Crippen molar-refractivity contribution < 1.29 is 23.1 Å². The molecule has 1 unspecified atom stereocenters. The quantitative estimate of drug-likeness (QED) is 0.324. The molecule has 10 heteroatoms. The number of carboxylic acids is 1. The summed E-state index contributed by atoms with van der Waals surface area (Å²) in [7, 11) is -3.90. The first-order valence-corrected chi connectivity index (χ1v) is 13.5. The van der Waals surface area contributed by atoms with Crippen molar-refractivity contribution in [2.24, 2.45) is 5.92 Å². The predicted molar refractivity (Wildman–Crippen MR) is 143 cm³/mol. The summed E-state index contributed by atoms with van der Waals surface area (Å²) in [6, 6.07) is 12.3. The van der Waals surface area contributed by atoms with Gasteiger partial charge in [0, 0.05) is 65.7 Å². The van der Waals surface area contributed by atoms with Gasteiger partial charge in [-0.1, -0.05) is 25.7 Å². The minimum Gasteiger partial charge on any atom is -0.480 e. The van der Waals surface area contributed by atoms with Crippen LogP contribution in [0.3, 0.4) is 0 Å². The molecule has 194 valence electrons. The van der Waals surface area contributed by atoms with Gasteiger partial charge < -0.3 is 15.0 Å². The van der Waals surface area contributed by atoms with E-state index in [4.69, 9.17) is 0 Å². The molecule has 1 atom stereocenters. The number of fused-ring (bicyclic) bond motifs is 1. The normalized spacial score (nSPS) is 15.4. The van der Waals surface area contributed by atoms with Gasteiger partial charge in [0.05, 0.1) is 0 Å². The second-order valence-electron chi connectivity index (χ2n) is 9.38. The van der Waals surface area contributed by atoms with E-state index in [2.05, 4.69) is 26.4 Å². The molecule has 1 aliphatic rings. The predicted octanol–water partition coefficient (Wildman–Crippen LogP) is 2.84. The summed E-state index contributed by atoms with van der Waals surface area (Å²) in [5.41, 5.74) is 4.15. The fourth-order valence-corrected chi connectivity index (χ4v) is 5.77. The van der Waals surface area contributed by atoms with Crippen molar-refractivity contribution in [3.05, 3.63) is 65.4 Å². The van der Waals surface area contributed by atoms with Gasteiger partial charge in [-0.15, -0.1) is 0 Å². The first kappa shape index (κ1) is 26.4. The molecule has 0 radical (unpaired) electrons. The number of nitrogens with one attached hydrogen (secondary N) is 2. The number of aromatic amines is 1. The average molecular weight is 523 g/mol. The third-order valence-electron chi connectivity index (χ3n) is 6.43. The van der Waals surface area contributed by atoms with E-state index < -0.39 is 22.2 Å². The second-order valence-corrected chi connectivity index (χ2v) is 11.1. The molecule has 0 amide bonds. The molecule has 0 aliphatic carbocycles. The van der Waals surface area contributed by atoms with Crippen molar-refractivity contribution in [1.29, 1.82) is 0 Å². The molecule has 2 aromatic carbocycles. The van der Waals surface area contributed by atoms with Crippen LogP contribution in [0, 0.1) is 17.8 Å². The number of carboxylic acid groups (broad SMARTS) is 1. The summed E-state index contributed by atoms with van der Waals surface area (Å²) in [5, 5.41) is 10.2. The van der Waals surface area contributed by atoms with Crippen LogP contribution in [0.4, 0.5) is 5.69 Å². The molecule has 1 aliphatic heterocycles. The maximum atomic E-state index is 12.7. The van der Waals surface area contributed by atoms with Gasteiger partial charge in [0.1, 0.15) is 6.04 Å². The van der Waals surface area contributed by atoms with Crippen LogP contribution in [0.1, 0.15) is 42.3 Å². The number of rotatable bonds is 7. The second kappa shape index (κ2) is 10.8. The van der Waals surface area contributed by atoms with E-state index in [1.54, 1.807) is 27.0 Å². The highest BCUT2D eigenvalue weighted by Gasteiger charge is 2.32. The van der Waals surface area contributed by atoms with Crippen molar-refractivity contribution in [2.45, 2.75) is 26.8 Å². The molecule has 4 rings (SSSR count). The van der Waals surface area contributed by atoms with Gasteiger partial charge in [0.15, 0.2) is 5.78 Å². The highest BCUT2D eigenvalue weighted by molar-refractivity contribution is 7.87. The number of anilines is 1. The van der Waals surface area contributed by atoms with E-state index in [1.165, 1.54) is 4.31 Å². The van der Waals surface area contributed by atoms with Crippen molar-refractivity contribution in [3.8, 4) is 11.8 Å². The van der Waals surface area contributed by atoms with Gasteiger partial charge in [0.2, 0.25) is 0 Å². The Balaban J connectivity index is 1.39. The zero-order chi connectivity index (χ0) is 26.7. The van der Waals surface area contributed by atoms with Crippen LogP contribution < -0.4 is 9.62 Å². The maximum absolute atomic E-state index is 12.7. The van der Waals surface area contributed by atoms with Crippen LogP contribution >= 0.6 is 0 Å². The summed E-state index contributed by atoms with van der Waals surface area (Å²) in [4.78, 5) is 28.4. The molecular weight excluding hydrogens is 492 g/mol. The Hall–Kier alpha value is -3.65. The molecule has 1 aromatic heterocycles. The van der Waals surface area contributed by atoms with Crippen LogP contribution in [-0.2, 0) is 15.0 Å². The smallest absolute Gasteiger partial charge is 0.322 e. The number of piperazine rings is 1.